The summed E-state index contributed by atoms with van der Waals surface area (Å²) in [6.45, 7) is 7.05. The molecule has 0 radical (unpaired) electrons. The summed E-state index contributed by atoms with van der Waals surface area (Å²) >= 11 is 0. The minimum atomic E-state index is -0.376. The molecule has 0 saturated heterocycles. The molecule has 0 fully saturated rings. The SMILES string of the molecule is CCOC(=O)c1c(C)n(CCOc2ccc(C)cc2)c2ccc(O)cc12. The number of hydrogen-bond acceptors (Lipinski definition) is 4. The summed E-state index contributed by atoms with van der Waals surface area (Å²) in [5, 5.41) is 10.5. The molecule has 1 N–H and O–H groups in total. The van der Waals surface area contributed by atoms with Gasteiger partial charge in [0.15, 0.2) is 0 Å². The number of fused-ring (bicyclic) bond motifs is 1. The van der Waals surface area contributed by atoms with Crippen molar-refractivity contribution in [2.45, 2.75) is 27.3 Å². The third-order valence-corrected chi connectivity index (χ3v) is 4.39. The molecule has 26 heavy (non-hydrogen) atoms. The lowest BCUT2D eigenvalue weighted by Gasteiger charge is -2.11. The second-order valence-electron chi connectivity index (χ2n) is 6.20. The van der Waals surface area contributed by atoms with E-state index in [0.29, 0.717) is 30.7 Å². The van der Waals surface area contributed by atoms with Crippen LogP contribution in [0, 0.1) is 13.8 Å². The first-order chi connectivity index (χ1) is 12.5. The Balaban J connectivity index is 1.88. The molecular formula is C21H23NO4. The molecule has 5 heteroatoms. The van der Waals surface area contributed by atoms with E-state index >= 15 is 0 Å². The number of nitrogens with zero attached hydrogens (tertiary/aromatic N) is 1. The van der Waals surface area contributed by atoms with Gasteiger partial charge in [0.25, 0.3) is 0 Å². The number of rotatable bonds is 6. The molecule has 0 bridgehead atoms. The molecule has 0 amide bonds. The molecule has 0 aliphatic carbocycles. The van der Waals surface area contributed by atoms with Gasteiger partial charge in [-0.05, 0) is 51.1 Å². The van der Waals surface area contributed by atoms with Crippen LogP contribution in [0.25, 0.3) is 10.9 Å². The molecule has 1 aromatic heterocycles. The highest BCUT2D eigenvalue weighted by Crippen LogP contribution is 2.29. The Morgan fingerprint density at radius 3 is 2.54 bits per heavy atom. The Bertz CT molecular complexity index is 925. The van der Waals surface area contributed by atoms with Gasteiger partial charge in [0.2, 0.25) is 0 Å². The fourth-order valence-electron chi connectivity index (χ4n) is 3.11. The number of carbonyl (C=O) groups is 1. The molecule has 3 rings (SSSR count). The lowest BCUT2D eigenvalue weighted by atomic mass is 10.1. The first-order valence-electron chi connectivity index (χ1n) is 8.69. The Kier molecular flexibility index (Phi) is 5.16. The maximum Gasteiger partial charge on any atom is 0.340 e. The molecule has 0 aliphatic heterocycles. The smallest absolute Gasteiger partial charge is 0.340 e. The first kappa shape index (κ1) is 17.9. The van der Waals surface area contributed by atoms with Gasteiger partial charge in [-0.1, -0.05) is 17.7 Å². The second kappa shape index (κ2) is 7.52. The van der Waals surface area contributed by atoms with Crippen molar-refractivity contribution in [3.63, 3.8) is 0 Å². The number of aryl methyl sites for hydroxylation is 1. The summed E-state index contributed by atoms with van der Waals surface area (Å²) in [5.41, 5.74) is 3.35. The Morgan fingerprint density at radius 2 is 1.85 bits per heavy atom. The summed E-state index contributed by atoms with van der Waals surface area (Å²) in [6, 6.07) is 12.9. The predicted molar refractivity (Wildman–Crippen MR) is 101 cm³/mol. The largest absolute Gasteiger partial charge is 0.508 e. The number of aromatic nitrogens is 1. The molecule has 5 nitrogen and oxygen atoms in total. The minimum Gasteiger partial charge on any atom is -0.508 e. The van der Waals surface area contributed by atoms with Crippen LogP contribution in [0.15, 0.2) is 42.5 Å². The fourth-order valence-corrected chi connectivity index (χ4v) is 3.11. The average Bonchev–Trinajstić information content (AvgIpc) is 2.88. The number of phenolic OH excluding ortho intramolecular Hbond substituents is 1. The van der Waals surface area contributed by atoms with Crippen molar-refractivity contribution >= 4 is 16.9 Å². The van der Waals surface area contributed by atoms with Gasteiger partial charge in [-0.25, -0.2) is 4.79 Å². The molecule has 0 aliphatic rings. The number of esters is 1. The van der Waals surface area contributed by atoms with Crippen LogP contribution in [-0.2, 0) is 11.3 Å². The quantitative estimate of drug-likeness (QED) is 0.674. The van der Waals surface area contributed by atoms with Crippen LogP contribution >= 0.6 is 0 Å². The van der Waals surface area contributed by atoms with E-state index in [-0.39, 0.29) is 11.7 Å². The van der Waals surface area contributed by atoms with Gasteiger partial charge in [0.05, 0.1) is 18.7 Å². The number of ether oxygens (including phenoxy) is 2. The van der Waals surface area contributed by atoms with Crippen molar-refractivity contribution in [1.82, 2.24) is 4.57 Å². The highest BCUT2D eigenvalue weighted by Gasteiger charge is 2.21. The van der Waals surface area contributed by atoms with Gasteiger partial charge >= 0.3 is 5.97 Å². The molecule has 0 spiro atoms. The van der Waals surface area contributed by atoms with Gasteiger partial charge < -0.3 is 19.1 Å². The molecule has 2 aromatic carbocycles. The lowest BCUT2D eigenvalue weighted by molar-refractivity contribution is 0.0527. The van der Waals surface area contributed by atoms with E-state index in [9.17, 15) is 9.90 Å². The third-order valence-electron chi connectivity index (χ3n) is 4.39. The van der Waals surface area contributed by atoms with Crippen molar-refractivity contribution in [3.05, 3.63) is 59.3 Å². The van der Waals surface area contributed by atoms with Crippen LogP contribution in [0.4, 0.5) is 0 Å². The van der Waals surface area contributed by atoms with Crippen molar-refractivity contribution in [1.29, 1.82) is 0 Å². The molecule has 0 unspecified atom stereocenters. The number of aromatic hydroxyl groups is 1. The van der Waals surface area contributed by atoms with Gasteiger partial charge in [-0.2, -0.15) is 0 Å². The summed E-state index contributed by atoms with van der Waals surface area (Å²) < 4.78 is 13.0. The molecular weight excluding hydrogens is 330 g/mol. The van der Waals surface area contributed by atoms with Gasteiger partial charge in [0.1, 0.15) is 18.1 Å². The van der Waals surface area contributed by atoms with Crippen molar-refractivity contribution in [3.8, 4) is 11.5 Å². The highest BCUT2D eigenvalue weighted by atomic mass is 16.5. The van der Waals surface area contributed by atoms with Crippen LogP contribution in [0.1, 0.15) is 28.5 Å². The zero-order chi connectivity index (χ0) is 18.7. The van der Waals surface area contributed by atoms with Gasteiger partial charge in [0, 0.05) is 16.6 Å². The van der Waals surface area contributed by atoms with Crippen LogP contribution in [0.5, 0.6) is 11.5 Å². The van der Waals surface area contributed by atoms with E-state index in [2.05, 4.69) is 0 Å². The number of benzene rings is 2. The zero-order valence-corrected chi connectivity index (χ0v) is 15.3. The van der Waals surface area contributed by atoms with Gasteiger partial charge in [-0.15, -0.1) is 0 Å². The molecule has 136 valence electrons. The maximum absolute atomic E-state index is 12.4. The van der Waals surface area contributed by atoms with Crippen LogP contribution in [0.3, 0.4) is 0 Å². The van der Waals surface area contributed by atoms with Crippen molar-refractivity contribution in [2.75, 3.05) is 13.2 Å². The molecule has 3 aromatic rings. The normalized spacial score (nSPS) is 10.9. The standard InChI is InChI=1S/C21H23NO4/c1-4-25-21(24)20-15(3)22(19-10-7-16(23)13-18(19)20)11-12-26-17-8-5-14(2)6-9-17/h5-10,13,23H,4,11-12H2,1-3H3. The topological polar surface area (TPSA) is 60.7 Å². The van der Waals surface area contributed by atoms with E-state index in [1.54, 1.807) is 19.1 Å². The lowest BCUT2D eigenvalue weighted by Crippen LogP contribution is -2.11. The number of phenols is 1. The third kappa shape index (κ3) is 3.52. The van der Waals surface area contributed by atoms with E-state index in [4.69, 9.17) is 9.47 Å². The Labute approximate surface area is 152 Å². The first-order valence-corrected chi connectivity index (χ1v) is 8.69. The number of hydrogen-bond donors (Lipinski definition) is 1. The second-order valence-corrected chi connectivity index (χ2v) is 6.20. The maximum atomic E-state index is 12.4. The predicted octanol–water partition coefficient (Wildman–Crippen LogP) is 4.22. The molecule has 0 atom stereocenters. The van der Waals surface area contributed by atoms with Crippen LogP contribution < -0.4 is 4.74 Å². The number of carbonyl (C=O) groups excluding carboxylic acids is 1. The zero-order valence-electron chi connectivity index (χ0n) is 15.3. The molecule has 0 saturated carbocycles. The fraction of sp³-hybridized carbons (Fsp3) is 0.286. The van der Waals surface area contributed by atoms with E-state index in [1.165, 1.54) is 5.56 Å². The Morgan fingerprint density at radius 1 is 1.12 bits per heavy atom. The summed E-state index contributed by atoms with van der Waals surface area (Å²) in [4.78, 5) is 12.4. The average molecular weight is 353 g/mol. The van der Waals surface area contributed by atoms with Gasteiger partial charge in [-0.3, -0.25) is 0 Å². The van der Waals surface area contributed by atoms with Crippen LogP contribution in [0.2, 0.25) is 0 Å². The monoisotopic (exact) mass is 353 g/mol. The minimum absolute atomic E-state index is 0.121. The van der Waals surface area contributed by atoms with E-state index in [1.807, 2.05) is 48.7 Å². The van der Waals surface area contributed by atoms with E-state index in [0.717, 1.165) is 17.0 Å². The molecule has 1 heterocycles. The summed E-state index contributed by atoms with van der Waals surface area (Å²) in [6.07, 6.45) is 0. The van der Waals surface area contributed by atoms with Crippen molar-refractivity contribution < 1.29 is 19.4 Å². The van der Waals surface area contributed by atoms with Crippen LogP contribution in [-0.4, -0.2) is 28.9 Å². The van der Waals surface area contributed by atoms with Crippen molar-refractivity contribution in [2.24, 2.45) is 0 Å². The Hall–Kier alpha value is -2.95. The van der Waals surface area contributed by atoms with E-state index < -0.39 is 0 Å². The summed E-state index contributed by atoms with van der Waals surface area (Å²) in [7, 11) is 0. The highest BCUT2D eigenvalue weighted by molar-refractivity contribution is 6.06. The summed E-state index contributed by atoms with van der Waals surface area (Å²) in [5.74, 6) is 0.558.